The molecule has 2 N–H and O–H groups in total. The molecule has 0 saturated carbocycles. The molecule has 2 nitrogen and oxygen atoms in total. The summed E-state index contributed by atoms with van der Waals surface area (Å²) in [5, 5.41) is 12.6. The molecule has 15 heavy (non-hydrogen) atoms. The molecule has 0 aliphatic carbocycles. The molecule has 0 saturated heterocycles. The second-order valence-electron chi connectivity index (χ2n) is 3.55. The van der Waals surface area contributed by atoms with Crippen LogP contribution in [0.4, 0.5) is 0 Å². The molecule has 1 aromatic carbocycles. The van der Waals surface area contributed by atoms with E-state index in [2.05, 4.69) is 29.6 Å². The highest BCUT2D eigenvalue weighted by Gasteiger charge is 2.02. The lowest BCUT2D eigenvalue weighted by atomic mass is 10.2. The van der Waals surface area contributed by atoms with Crippen LogP contribution < -0.4 is 5.32 Å². The third-order valence-electron chi connectivity index (χ3n) is 2.19. The van der Waals surface area contributed by atoms with Crippen molar-refractivity contribution in [2.75, 3.05) is 12.8 Å². The SMILES string of the molecule is CCC(O)CSc1cccc(CNC)c1. The molecule has 0 radical (unpaired) electrons. The molecule has 1 unspecified atom stereocenters. The lowest BCUT2D eigenvalue weighted by molar-refractivity contribution is 0.195. The van der Waals surface area contributed by atoms with E-state index in [9.17, 15) is 5.11 Å². The highest BCUT2D eigenvalue weighted by atomic mass is 32.2. The molecular formula is C12H19NOS. The van der Waals surface area contributed by atoms with Crippen LogP contribution in [0.15, 0.2) is 29.2 Å². The quantitative estimate of drug-likeness (QED) is 0.728. The van der Waals surface area contributed by atoms with Crippen LogP contribution in [0.1, 0.15) is 18.9 Å². The van der Waals surface area contributed by atoms with Gasteiger partial charge in [0.05, 0.1) is 6.10 Å². The summed E-state index contributed by atoms with van der Waals surface area (Å²) in [5.41, 5.74) is 1.29. The highest BCUT2D eigenvalue weighted by Crippen LogP contribution is 2.20. The predicted octanol–water partition coefficient (Wildman–Crippen LogP) is 2.27. The van der Waals surface area contributed by atoms with Gasteiger partial charge in [-0.25, -0.2) is 0 Å². The van der Waals surface area contributed by atoms with E-state index in [0.29, 0.717) is 0 Å². The largest absolute Gasteiger partial charge is 0.392 e. The smallest absolute Gasteiger partial charge is 0.0631 e. The van der Waals surface area contributed by atoms with Crippen molar-refractivity contribution < 1.29 is 5.11 Å². The molecule has 0 aliphatic rings. The normalized spacial score (nSPS) is 12.7. The molecule has 0 bridgehead atoms. The fourth-order valence-electron chi connectivity index (χ4n) is 1.26. The van der Waals surface area contributed by atoms with E-state index in [1.165, 1.54) is 10.5 Å². The number of aliphatic hydroxyl groups is 1. The average Bonchev–Trinajstić information content (AvgIpc) is 2.27. The first-order valence-corrected chi connectivity index (χ1v) is 6.29. The standard InChI is InChI=1S/C12H19NOS/c1-3-11(14)9-15-12-6-4-5-10(7-12)8-13-2/h4-7,11,13-14H,3,8-9H2,1-2H3. The van der Waals surface area contributed by atoms with E-state index >= 15 is 0 Å². The summed E-state index contributed by atoms with van der Waals surface area (Å²) >= 11 is 1.72. The molecular weight excluding hydrogens is 206 g/mol. The zero-order valence-corrected chi connectivity index (χ0v) is 10.2. The number of nitrogens with one attached hydrogen (secondary N) is 1. The minimum atomic E-state index is -0.192. The minimum absolute atomic E-state index is 0.192. The van der Waals surface area contributed by atoms with E-state index in [4.69, 9.17) is 0 Å². The Kier molecular flexibility index (Phi) is 5.76. The Hall–Kier alpha value is -0.510. The van der Waals surface area contributed by atoms with Gasteiger partial charge in [0.1, 0.15) is 0 Å². The molecule has 0 fully saturated rings. The Morgan fingerprint density at radius 3 is 2.93 bits per heavy atom. The van der Waals surface area contributed by atoms with Crippen molar-refractivity contribution in [1.29, 1.82) is 0 Å². The number of rotatable bonds is 6. The lowest BCUT2D eigenvalue weighted by Crippen LogP contribution is -2.07. The van der Waals surface area contributed by atoms with Crippen molar-refractivity contribution in [2.24, 2.45) is 0 Å². The topological polar surface area (TPSA) is 32.3 Å². The first-order chi connectivity index (χ1) is 7.26. The maximum absolute atomic E-state index is 9.46. The van der Waals surface area contributed by atoms with Crippen molar-refractivity contribution in [3.8, 4) is 0 Å². The summed E-state index contributed by atoms with van der Waals surface area (Å²) in [6, 6.07) is 8.43. The van der Waals surface area contributed by atoms with Gasteiger partial charge in [0.2, 0.25) is 0 Å². The van der Waals surface area contributed by atoms with Crippen LogP contribution in [0.2, 0.25) is 0 Å². The summed E-state index contributed by atoms with van der Waals surface area (Å²) in [6.07, 6.45) is 0.631. The predicted molar refractivity (Wildman–Crippen MR) is 66.2 cm³/mol. The molecule has 3 heteroatoms. The zero-order chi connectivity index (χ0) is 11.1. The van der Waals surface area contributed by atoms with Crippen LogP contribution in [-0.2, 0) is 6.54 Å². The Balaban J connectivity index is 2.50. The van der Waals surface area contributed by atoms with Gasteiger partial charge in [-0.15, -0.1) is 11.8 Å². The molecule has 0 spiro atoms. The number of aliphatic hydroxyl groups excluding tert-OH is 1. The molecule has 0 amide bonds. The maximum atomic E-state index is 9.46. The number of hydrogen-bond acceptors (Lipinski definition) is 3. The van der Waals surface area contributed by atoms with Gasteiger partial charge in [-0.2, -0.15) is 0 Å². The van der Waals surface area contributed by atoms with E-state index in [1.807, 2.05) is 14.0 Å². The Labute approximate surface area is 96.1 Å². The third kappa shape index (κ3) is 4.69. The van der Waals surface area contributed by atoms with Crippen LogP contribution in [0, 0.1) is 0 Å². The van der Waals surface area contributed by atoms with Gasteiger partial charge < -0.3 is 10.4 Å². The van der Waals surface area contributed by atoms with Gasteiger partial charge in [-0.1, -0.05) is 19.1 Å². The molecule has 1 atom stereocenters. The molecule has 0 aromatic heterocycles. The fourth-order valence-corrected chi connectivity index (χ4v) is 2.29. The van der Waals surface area contributed by atoms with Crippen LogP contribution in [0.3, 0.4) is 0 Å². The van der Waals surface area contributed by atoms with Crippen LogP contribution in [-0.4, -0.2) is 24.0 Å². The second kappa shape index (κ2) is 6.88. The number of benzene rings is 1. The average molecular weight is 225 g/mol. The third-order valence-corrected chi connectivity index (χ3v) is 3.33. The molecule has 1 aromatic rings. The summed E-state index contributed by atoms with van der Waals surface area (Å²) in [6.45, 7) is 2.90. The van der Waals surface area contributed by atoms with Crippen LogP contribution in [0.5, 0.6) is 0 Å². The summed E-state index contributed by atoms with van der Waals surface area (Å²) in [7, 11) is 1.95. The van der Waals surface area contributed by atoms with Gasteiger partial charge in [0.15, 0.2) is 0 Å². The van der Waals surface area contributed by atoms with E-state index < -0.39 is 0 Å². The van der Waals surface area contributed by atoms with Gasteiger partial charge in [0, 0.05) is 17.2 Å². The monoisotopic (exact) mass is 225 g/mol. The van der Waals surface area contributed by atoms with E-state index in [0.717, 1.165) is 18.7 Å². The van der Waals surface area contributed by atoms with Crippen molar-refractivity contribution in [1.82, 2.24) is 5.32 Å². The maximum Gasteiger partial charge on any atom is 0.0631 e. The first kappa shape index (κ1) is 12.6. The Morgan fingerprint density at radius 2 is 2.27 bits per heavy atom. The minimum Gasteiger partial charge on any atom is -0.392 e. The van der Waals surface area contributed by atoms with Crippen molar-refractivity contribution >= 4 is 11.8 Å². The van der Waals surface area contributed by atoms with Gasteiger partial charge in [-0.05, 0) is 31.2 Å². The van der Waals surface area contributed by atoms with Crippen molar-refractivity contribution in [3.63, 3.8) is 0 Å². The van der Waals surface area contributed by atoms with Gasteiger partial charge in [-0.3, -0.25) is 0 Å². The number of thioether (sulfide) groups is 1. The summed E-state index contributed by atoms with van der Waals surface area (Å²) in [4.78, 5) is 1.23. The van der Waals surface area contributed by atoms with Crippen LogP contribution >= 0.6 is 11.8 Å². The summed E-state index contributed by atoms with van der Waals surface area (Å²) < 4.78 is 0. The van der Waals surface area contributed by atoms with E-state index in [1.54, 1.807) is 11.8 Å². The summed E-state index contributed by atoms with van der Waals surface area (Å²) in [5.74, 6) is 0.777. The number of hydrogen-bond donors (Lipinski definition) is 2. The van der Waals surface area contributed by atoms with Crippen molar-refractivity contribution in [3.05, 3.63) is 29.8 Å². The molecule has 0 heterocycles. The van der Waals surface area contributed by atoms with Crippen LogP contribution in [0.25, 0.3) is 0 Å². The van der Waals surface area contributed by atoms with Gasteiger partial charge in [0.25, 0.3) is 0 Å². The Morgan fingerprint density at radius 1 is 1.47 bits per heavy atom. The molecule has 0 aliphatic heterocycles. The van der Waals surface area contributed by atoms with E-state index in [-0.39, 0.29) is 6.10 Å². The van der Waals surface area contributed by atoms with Gasteiger partial charge >= 0.3 is 0 Å². The first-order valence-electron chi connectivity index (χ1n) is 5.30. The molecule has 1 rings (SSSR count). The zero-order valence-electron chi connectivity index (χ0n) is 9.36. The fraction of sp³-hybridized carbons (Fsp3) is 0.500. The lowest BCUT2D eigenvalue weighted by Gasteiger charge is -2.08. The molecule has 84 valence electrons. The Bertz CT molecular complexity index is 291. The second-order valence-corrected chi connectivity index (χ2v) is 4.64. The van der Waals surface area contributed by atoms with Crippen molar-refractivity contribution in [2.45, 2.75) is 30.9 Å². The highest BCUT2D eigenvalue weighted by molar-refractivity contribution is 7.99.